The highest BCUT2D eigenvalue weighted by Gasteiger charge is 2.33. The zero-order valence-electron chi connectivity index (χ0n) is 18.0. The summed E-state index contributed by atoms with van der Waals surface area (Å²) in [5.41, 5.74) is 2.48. The molecule has 1 aromatic heterocycles. The third-order valence-electron chi connectivity index (χ3n) is 6.04. The second-order valence-electron chi connectivity index (χ2n) is 8.09. The van der Waals surface area contributed by atoms with Crippen LogP contribution in [0.5, 0.6) is 0 Å². The summed E-state index contributed by atoms with van der Waals surface area (Å²) in [7, 11) is 1.85. The number of rotatable bonds is 5. The smallest absolute Gasteiger partial charge is 0.253 e. The fraction of sp³-hybridized carbons (Fsp3) is 0.269. The summed E-state index contributed by atoms with van der Waals surface area (Å²) >= 11 is 5.93. The Labute approximate surface area is 193 Å². The van der Waals surface area contributed by atoms with Crippen molar-refractivity contribution in [1.82, 2.24) is 14.8 Å². The first kappa shape index (κ1) is 22.0. The summed E-state index contributed by atoms with van der Waals surface area (Å²) in [5, 5.41) is 0.606. The van der Waals surface area contributed by atoms with Crippen molar-refractivity contribution in [3.05, 3.63) is 101 Å². The van der Waals surface area contributed by atoms with Crippen LogP contribution in [0.4, 0.5) is 0 Å². The van der Waals surface area contributed by atoms with Crippen LogP contribution < -0.4 is 0 Å². The van der Waals surface area contributed by atoms with Crippen molar-refractivity contribution < 1.29 is 9.59 Å². The molecule has 32 heavy (non-hydrogen) atoms. The summed E-state index contributed by atoms with van der Waals surface area (Å²) < 4.78 is 0. The molecule has 1 aliphatic heterocycles. The minimum atomic E-state index is -0.251. The second kappa shape index (κ2) is 9.96. The van der Waals surface area contributed by atoms with Gasteiger partial charge in [-0.2, -0.15) is 0 Å². The van der Waals surface area contributed by atoms with Gasteiger partial charge in [0.05, 0.1) is 11.7 Å². The van der Waals surface area contributed by atoms with Crippen molar-refractivity contribution in [3.63, 3.8) is 0 Å². The molecule has 0 radical (unpaired) electrons. The first-order valence-corrected chi connectivity index (χ1v) is 11.2. The first-order chi connectivity index (χ1) is 15.5. The number of pyridine rings is 1. The summed E-state index contributed by atoms with van der Waals surface area (Å²) in [6.07, 6.45) is 3.04. The van der Waals surface area contributed by atoms with Gasteiger partial charge in [0, 0.05) is 42.8 Å². The lowest BCUT2D eigenvalue weighted by molar-refractivity contribution is -0.137. The Morgan fingerprint density at radius 3 is 2.25 bits per heavy atom. The predicted molar refractivity (Wildman–Crippen MR) is 125 cm³/mol. The molecule has 0 spiro atoms. The van der Waals surface area contributed by atoms with Crippen molar-refractivity contribution in [3.8, 4) is 0 Å². The highest BCUT2D eigenvalue weighted by atomic mass is 35.5. The van der Waals surface area contributed by atoms with E-state index < -0.39 is 0 Å². The monoisotopic (exact) mass is 447 g/mol. The molecule has 1 aliphatic rings. The van der Waals surface area contributed by atoms with Crippen LogP contribution in [0, 0.1) is 5.92 Å². The van der Waals surface area contributed by atoms with E-state index in [2.05, 4.69) is 4.98 Å². The molecule has 6 heteroatoms. The highest BCUT2D eigenvalue weighted by molar-refractivity contribution is 6.30. The van der Waals surface area contributed by atoms with Gasteiger partial charge in [0.1, 0.15) is 0 Å². The molecule has 1 saturated heterocycles. The third kappa shape index (κ3) is 4.83. The normalized spacial score (nSPS) is 15.2. The predicted octanol–water partition coefficient (Wildman–Crippen LogP) is 4.84. The van der Waals surface area contributed by atoms with E-state index in [1.165, 1.54) is 0 Å². The number of hydrogen-bond acceptors (Lipinski definition) is 3. The molecule has 2 aromatic carbocycles. The molecule has 2 heterocycles. The maximum atomic E-state index is 13.5. The standard InChI is InChI=1S/C26H26ClN3O2/c1-29(24(19-7-3-2-4-8-19)23-9-5-6-16-28-23)25(31)21-14-17-30(18-15-21)26(32)20-10-12-22(27)13-11-20/h2-13,16,21,24H,14-15,17-18H2,1H3. The van der Waals surface area contributed by atoms with E-state index in [1.54, 1.807) is 35.4 Å². The van der Waals surface area contributed by atoms with Gasteiger partial charge < -0.3 is 9.80 Å². The van der Waals surface area contributed by atoms with E-state index in [0.717, 1.165) is 11.3 Å². The average Bonchev–Trinajstić information content (AvgIpc) is 2.85. The molecular formula is C26H26ClN3O2. The third-order valence-corrected chi connectivity index (χ3v) is 6.29. The van der Waals surface area contributed by atoms with Crippen LogP contribution in [0.1, 0.15) is 40.5 Å². The van der Waals surface area contributed by atoms with Gasteiger partial charge in [-0.25, -0.2) is 0 Å². The molecule has 0 saturated carbocycles. The van der Waals surface area contributed by atoms with Crippen LogP contribution in [0.25, 0.3) is 0 Å². The number of piperidine rings is 1. The molecule has 0 aliphatic carbocycles. The second-order valence-corrected chi connectivity index (χ2v) is 8.53. The van der Waals surface area contributed by atoms with Crippen LogP contribution >= 0.6 is 11.6 Å². The van der Waals surface area contributed by atoms with Gasteiger partial charge in [-0.15, -0.1) is 0 Å². The molecule has 4 rings (SSSR count). The lowest BCUT2D eigenvalue weighted by atomic mass is 9.93. The number of benzene rings is 2. The van der Waals surface area contributed by atoms with E-state index in [-0.39, 0.29) is 23.8 Å². The van der Waals surface area contributed by atoms with Gasteiger partial charge in [0.25, 0.3) is 5.91 Å². The van der Waals surface area contributed by atoms with Crippen LogP contribution in [0.3, 0.4) is 0 Å². The molecule has 5 nitrogen and oxygen atoms in total. The Bertz CT molecular complexity index is 1010. The summed E-state index contributed by atoms with van der Waals surface area (Å²) in [5.74, 6) is -0.0520. The number of carbonyl (C=O) groups excluding carboxylic acids is 2. The highest BCUT2D eigenvalue weighted by Crippen LogP contribution is 2.30. The van der Waals surface area contributed by atoms with Gasteiger partial charge in [-0.05, 0) is 54.8 Å². The number of nitrogens with zero attached hydrogens (tertiary/aromatic N) is 3. The summed E-state index contributed by atoms with van der Waals surface area (Å²) in [6, 6.07) is 22.4. The molecular weight excluding hydrogens is 422 g/mol. The van der Waals surface area contributed by atoms with E-state index in [4.69, 9.17) is 11.6 Å². The lowest BCUT2D eigenvalue weighted by Gasteiger charge is -2.36. The van der Waals surface area contributed by atoms with E-state index >= 15 is 0 Å². The van der Waals surface area contributed by atoms with Crippen LogP contribution in [-0.4, -0.2) is 46.7 Å². The Hall–Kier alpha value is -3.18. The van der Waals surface area contributed by atoms with E-state index in [0.29, 0.717) is 36.5 Å². The molecule has 1 fully saturated rings. The Morgan fingerprint density at radius 2 is 1.62 bits per heavy atom. The van der Waals surface area contributed by atoms with Gasteiger partial charge in [-0.3, -0.25) is 14.6 Å². The Morgan fingerprint density at radius 1 is 0.969 bits per heavy atom. The fourth-order valence-corrected chi connectivity index (χ4v) is 4.41. The summed E-state index contributed by atoms with van der Waals surface area (Å²) in [4.78, 5) is 34.4. The first-order valence-electron chi connectivity index (χ1n) is 10.8. The van der Waals surface area contributed by atoms with Gasteiger partial charge in [0.2, 0.25) is 5.91 Å². The van der Waals surface area contributed by atoms with Gasteiger partial charge >= 0.3 is 0 Å². The van der Waals surface area contributed by atoms with Crippen LogP contribution in [-0.2, 0) is 4.79 Å². The average molecular weight is 448 g/mol. The number of halogens is 1. The number of aromatic nitrogens is 1. The number of likely N-dealkylation sites (tertiary alicyclic amines) is 1. The number of hydrogen-bond donors (Lipinski definition) is 0. The molecule has 1 unspecified atom stereocenters. The largest absolute Gasteiger partial charge is 0.339 e. The molecule has 164 valence electrons. The van der Waals surface area contributed by atoms with E-state index in [9.17, 15) is 9.59 Å². The number of amides is 2. The molecule has 3 aromatic rings. The van der Waals surface area contributed by atoms with Crippen molar-refractivity contribution >= 4 is 23.4 Å². The van der Waals surface area contributed by atoms with E-state index in [1.807, 2.05) is 60.5 Å². The Kier molecular flexibility index (Phi) is 6.86. The molecule has 1 atom stereocenters. The van der Waals surface area contributed by atoms with Crippen LogP contribution in [0.15, 0.2) is 79.0 Å². The number of carbonyl (C=O) groups is 2. The zero-order chi connectivity index (χ0) is 22.5. The SMILES string of the molecule is CN(C(=O)C1CCN(C(=O)c2ccc(Cl)cc2)CC1)C(c1ccccc1)c1ccccn1. The van der Waals surface area contributed by atoms with Crippen molar-refractivity contribution in [2.24, 2.45) is 5.92 Å². The zero-order valence-corrected chi connectivity index (χ0v) is 18.8. The van der Waals surface area contributed by atoms with Crippen molar-refractivity contribution in [1.29, 1.82) is 0 Å². The topological polar surface area (TPSA) is 53.5 Å². The fourth-order valence-electron chi connectivity index (χ4n) is 4.29. The minimum absolute atomic E-state index is 0.0171. The maximum absolute atomic E-state index is 13.5. The quantitative estimate of drug-likeness (QED) is 0.562. The Balaban J connectivity index is 1.45. The van der Waals surface area contributed by atoms with Crippen LogP contribution in [0.2, 0.25) is 5.02 Å². The maximum Gasteiger partial charge on any atom is 0.253 e. The lowest BCUT2D eigenvalue weighted by Crippen LogP contribution is -2.44. The van der Waals surface area contributed by atoms with Gasteiger partial charge in [0.15, 0.2) is 0 Å². The molecule has 0 N–H and O–H groups in total. The van der Waals surface area contributed by atoms with Gasteiger partial charge in [-0.1, -0.05) is 48.0 Å². The summed E-state index contributed by atoms with van der Waals surface area (Å²) in [6.45, 7) is 1.12. The minimum Gasteiger partial charge on any atom is -0.339 e. The molecule has 0 bridgehead atoms. The van der Waals surface area contributed by atoms with Crippen molar-refractivity contribution in [2.75, 3.05) is 20.1 Å². The van der Waals surface area contributed by atoms with Crippen molar-refractivity contribution in [2.45, 2.75) is 18.9 Å². The molecule has 2 amide bonds.